The van der Waals surface area contributed by atoms with Crippen LogP contribution >= 0.6 is 0 Å². The summed E-state index contributed by atoms with van der Waals surface area (Å²) in [5, 5.41) is 3.73. The van der Waals surface area contributed by atoms with Crippen LogP contribution in [-0.2, 0) is 0 Å². The summed E-state index contributed by atoms with van der Waals surface area (Å²) in [6.45, 7) is 9.54. The fraction of sp³-hybridized carbons (Fsp3) is 0.684. The predicted octanol–water partition coefficient (Wildman–Crippen LogP) is 3.99. The smallest absolute Gasteiger partial charge is 0.0450 e. The van der Waals surface area contributed by atoms with Crippen molar-refractivity contribution in [1.29, 1.82) is 0 Å². The van der Waals surface area contributed by atoms with Crippen molar-refractivity contribution in [3.8, 4) is 0 Å². The minimum Gasteiger partial charge on any atom is -0.307 e. The molecule has 21 heavy (non-hydrogen) atoms. The van der Waals surface area contributed by atoms with E-state index >= 15 is 0 Å². The molecule has 0 bridgehead atoms. The largest absolute Gasteiger partial charge is 0.307 e. The molecule has 1 N–H and O–H groups in total. The number of piperazine rings is 1. The number of hydrogen-bond donors (Lipinski definition) is 1. The lowest BCUT2D eigenvalue weighted by Gasteiger charge is -2.48. The van der Waals surface area contributed by atoms with E-state index in [1.165, 1.54) is 31.2 Å². The van der Waals surface area contributed by atoms with Crippen molar-refractivity contribution in [2.75, 3.05) is 13.1 Å². The van der Waals surface area contributed by atoms with Gasteiger partial charge in [-0.1, -0.05) is 50.6 Å². The molecule has 0 spiro atoms. The molecule has 0 radical (unpaired) electrons. The Morgan fingerprint density at radius 3 is 2.67 bits per heavy atom. The lowest BCUT2D eigenvalue weighted by Crippen LogP contribution is -2.56. The molecule has 2 heteroatoms. The van der Waals surface area contributed by atoms with Crippen molar-refractivity contribution in [2.45, 2.75) is 64.6 Å². The summed E-state index contributed by atoms with van der Waals surface area (Å²) in [5.41, 5.74) is 1.96. The van der Waals surface area contributed by atoms with Crippen LogP contribution in [-0.4, -0.2) is 30.1 Å². The van der Waals surface area contributed by atoms with E-state index in [2.05, 4.69) is 61.3 Å². The highest BCUT2D eigenvalue weighted by Gasteiger charge is 2.36. The Hall–Kier alpha value is -0.860. The molecule has 3 atom stereocenters. The van der Waals surface area contributed by atoms with Crippen LogP contribution in [0.4, 0.5) is 0 Å². The van der Waals surface area contributed by atoms with E-state index < -0.39 is 0 Å². The molecule has 2 aliphatic rings. The Balaban J connectivity index is 1.72. The minimum atomic E-state index is 0.493. The van der Waals surface area contributed by atoms with E-state index in [0.29, 0.717) is 17.5 Å². The second-order valence-electron chi connectivity index (χ2n) is 7.83. The number of nitrogens with one attached hydrogen (secondary N) is 1. The zero-order valence-corrected chi connectivity index (χ0v) is 13.8. The molecule has 1 aromatic rings. The van der Waals surface area contributed by atoms with Crippen molar-refractivity contribution >= 4 is 0 Å². The number of benzene rings is 1. The van der Waals surface area contributed by atoms with Crippen LogP contribution in [0.1, 0.15) is 58.1 Å². The molecule has 116 valence electrons. The molecule has 2 nitrogen and oxygen atoms in total. The maximum absolute atomic E-state index is 3.73. The molecule has 1 aromatic carbocycles. The summed E-state index contributed by atoms with van der Waals surface area (Å²) in [4.78, 5) is 2.79. The van der Waals surface area contributed by atoms with Gasteiger partial charge in [0.05, 0.1) is 0 Å². The van der Waals surface area contributed by atoms with Gasteiger partial charge in [-0.15, -0.1) is 0 Å². The summed E-state index contributed by atoms with van der Waals surface area (Å²) < 4.78 is 0. The first-order chi connectivity index (χ1) is 10.1. The number of nitrogens with zero attached hydrogens (tertiary/aromatic N) is 1. The lowest BCUT2D eigenvalue weighted by molar-refractivity contribution is 0.0374. The maximum atomic E-state index is 3.73. The van der Waals surface area contributed by atoms with Crippen molar-refractivity contribution in [1.82, 2.24) is 10.2 Å². The quantitative estimate of drug-likeness (QED) is 0.884. The van der Waals surface area contributed by atoms with Gasteiger partial charge in [0.15, 0.2) is 0 Å². The predicted molar refractivity (Wildman–Crippen MR) is 89.4 cm³/mol. The molecule has 1 saturated heterocycles. The van der Waals surface area contributed by atoms with Gasteiger partial charge in [-0.25, -0.2) is 0 Å². The monoisotopic (exact) mass is 286 g/mol. The Bertz CT molecular complexity index is 454. The Labute approximate surface area is 129 Å². The van der Waals surface area contributed by atoms with Crippen molar-refractivity contribution < 1.29 is 0 Å². The van der Waals surface area contributed by atoms with E-state index in [0.717, 1.165) is 19.1 Å². The highest BCUT2D eigenvalue weighted by atomic mass is 15.3. The highest BCUT2D eigenvalue weighted by Crippen LogP contribution is 2.38. The highest BCUT2D eigenvalue weighted by molar-refractivity contribution is 5.20. The summed E-state index contributed by atoms with van der Waals surface area (Å²) >= 11 is 0. The Morgan fingerprint density at radius 2 is 1.95 bits per heavy atom. The third kappa shape index (κ3) is 3.49. The third-order valence-electron chi connectivity index (χ3n) is 5.47. The fourth-order valence-electron chi connectivity index (χ4n) is 4.24. The maximum Gasteiger partial charge on any atom is 0.0450 e. The van der Waals surface area contributed by atoms with E-state index in [1.807, 2.05) is 0 Å². The van der Waals surface area contributed by atoms with Gasteiger partial charge in [-0.3, -0.25) is 4.90 Å². The molecule has 1 aliphatic carbocycles. The average molecular weight is 286 g/mol. The molecular weight excluding hydrogens is 256 g/mol. The van der Waals surface area contributed by atoms with Gasteiger partial charge in [0.1, 0.15) is 0 Å². The van der Waals surface area contributed by atoms with Gasteiger partial charge in [0.25, 0.3) is 0 Å². The van der Waals surface area contributed by atoms with Crippen LogP contribution in [0.2, 0.25) is 0 Å². The van der Waals surface area contributed by atoms with Gasteiger partial charge in [-0.2, -0.15) is 0 Å². The average Bonchev–Trinajstić information content (AvgIpc) is 2.47. The molecule has 3 rings (SSSR count). The molecule has 2 fully saturated rings. The summed E-state index contributed by atoms with van der Waals surface area (Å²) in [5.74, 6) is 0. The normalized spacial score (nSPS) is 33.8. The Morgan fingerprint density at radius 1 is 1.19 bits per heavy atom. The van der Waals surface area contributed by atoms with Crippen molar-refractivity contribution in [3.05, 3.63) is 35.9 Å². The Kier molecular flexibility index (Phi) is 4.37. The van der Waals surface area contributed by atoms with Crippen LogP contribution in [0, 0.1) is 5.41 Å². The summed E-state index contributed by atoms with van der Waals surface area (Å²) in [6.07, 6.45) is 5.53. The molecule has 3 unspecified atom stereocenters. The molecule has 0 aromatic heterocycles. The van der Waals surface area contributed by atoms with Crippen LogP contribution in [0.25, 0.3) is 0 Å². The summed E-state index contributed by atoms with van der Waals surface area (Å²) in [7, 11) is 0. The number of rotatable bonds is 2. The minimum absolute atomic E-state index is 0.493. The van der Waals surface area contributed by atoms with Crippen molar-refractivity contribution in [3.63, 3.8) is 0 Å². The topological polar surface area (TPSA) is 15.3 Å². The first kappa shape index (κ1) is 15.1. The van der Waals surface area contributed by atoms with Crippen LogP contribution in [0.3, 0.4) is 0 Å². The van der Waals surface area contributed by atoms with Gasteiger partial charge >= 0.3 is 0 Å². The van der Waals surface area contributed by atoms with Gasteiger partial charge in [0, 0.05) is 31.2 Å². The van der Waals surface area contributed by atoms with Crippen LogP contribution in [0.5, 0.6) is 0 Å². The summed E-state index contributed by atoms with van der Waals surface area (Å²) in [6, 6.07) is 12.9. The van der Waals surface area contributed by atoms with Gasteiger partial charge in [0.2, 0.25) is 0 Å². The molecule has 1 aliphatic heterocycles. The SMILES string of the molecule is CC1CNC(c2ccccc2)CN1C1CCCC(C)(C)C1. The number of hydrogen-bond acceptors (Lipinski definition) is 2. The molecule has 1 saturated carbocycles. The van der Waals surface area contributed by atoms with E-state index in [4.69, 9.17) is 0 Å². The first-order valence-corrected chi connectivity index (χ1v) is 8.59. The molecule has 1 heterocycles. The first-order valence-electron chi connectivity index (χ1n) is 8.59. The van der Waals surface area contributed by atoms with Gasteiger partial charge < -0.3 is 5.32 Å². The molecular formula is C19H30N2. The third-order valence-corrected chi connectivity index (χ3v) is 5.47. The van der Waals surface area contributed by atoms with Gasteiger partial charge in [-0.05, 0) is 37.2 Å². The van der Waals surface area contributed by atoms with E-state index in [1.54, 1.807) is 0 Å². The second kappa shape index (κ2) is 6.10. The fourth-order valence-corrected chi connectivity index (χ4v) is 4.24. The molecule has 0 amide bonds. The lowest BCUT2D eigenvalue weighted by atomic mass is 9.74. The zero-order valence-electron chi connectivity index (χ0n) is 13.8. The van der Waals surface area contributed by atoms with Crippen molar-refractivity contribution in [2.24, 2.45) is 5.41 Å². The zero-order chi connectivity index (χ0) is 14.9. The van der Waals surface area contributed by atoms with Crippen LogP contribution < -0.4 is 5.32 Å². The van der Waals surface area contributed by atoms with E-state index in [9.17, 15) is 0 Å². The van der Waals surface area contributed by atoms with E-state index in [-0.39, 0.29) is 0 Å². The van der Waals surface area contributed by atoms with Crippen LogP contribution in [0.15, 0.2) is 30.3 Å². The second-order valence-corrected chi connectivity index (χ2v) is 7.83. The standard InChI is InChI=1S/C19H30N2/c1-15-13-20-18(16-8-5-4-6-9-16)14-21(15)17-10-7-11-19(2,3)12-17/h4-6,8-9,15,17-18,20H,7,10-14H2,1-3H3.